The second-order valence-electron chi connectivity index (χ2n) is 7.89. The fraction of sp³-hybridized carbons (Fsp3) is 0.600. The van der Waals surface area contributed by atoms with Gasteiger partial charge in [-0.3, -0.25) is 9.59 Å². The van der Waals surface area contributed by atoms with Gasteiger partial charge in [0.25, 0.3) is 5.91 Å². The van der Waals surface area contributed by atoms with Crippen LogP contribution in [-0.4, -0.2) is 57.1 Å². The first-order chi connectivity index (χ1) is 13.7. The summed E-state index contributed by atoms with van der Waals surface area (Å²) >= 11 is 0. The van der Waals surface area contributed by atoms with Crippen molar-refractivity contribution in [2.24, 2.45) is 0 Å². The number of hydrogen-bond donors (Lipinski definition) is 2. The number of nitrogens with one attached hydrogen (secondary N) is 2. The lowest BCUT2D eigenvalue weighted by atomic mass is 9.82. The smallest absolute Gasteiger partial charge is 0.257 e. The van der Waals surface area contributed by atoms with Crippen molar-refractivity contribution in [2.75, 3.05) is 31.8 Å². The first-order valence-electron chi connectivity index (χ1n) is 10.0. The van der Waals surface area contributed by atoms with Gasteiger partial charge < -0.3 is 15.0 Å². The van der Waals surface area contributed by atoms with Crippen LogP contribution in [0.1, 0.15) is 55.3 Å². The molecule has 0 radical (unpaired) electrons. The first kappa shape index (κ1) is 21.6. The van der Waals surface area contributed by atoms with E-state index in [0.717, 1.165) is 38.4 Å². The van der Waals surface area contributed by atoms with Crippen molar-refractivity contribution >= 4 is 27.5 Å². The number of amides is 2. The molecule has 1 aliphatic heterocycles. The number of hydrogen-bond acceptors (Lipinski definition) is 5. The highest BCUT2D eigenvalue weighted by atomic mass is 32.2. The van der Waals surface area contributed by atoms with Gasteiger partial charge in [0, 0.05) is 18.8 Å². The maximum atomic E-state index is 13.1. The summed E-state index contributed by atoms with van der Waals surface area (Å²) in [5.74, 6) is -0.0778. The minimum Gasteiger partial charge on any atom is -0.496 e. The van der Waals surface area contributed by atoms with Crippen LogP contribution in [0.2, 0.25) is 0 Å². The third-order valence-corrected chi connectivity index (χ3v) is 6.37. The molecule has 9 heteroatoms. The molecule has 2 fully saturated rings. The van der Waals surface area contributed by atoms with E-state index in [2.05, 4.69) is 10.0 Å². The molecule has 8 nitrogen and oxygen atoms in total. The molecule has 0 unspecified atom stereocenters. The number of likely N-dealkylation sites (tertiary alicyclic amines) is 1. The lowest BCUT2D eigenvalue weighted by molar-refractivity contribution is -0.122. The van der Waals surface area contributed by atoms with Gasteiger partial charge in [0.1, 0.15) is 11.3 Å². The standard InChI is InChI=1S/C20H29N3O5S/c1-28-17-9-8-15(14-16(17)18(24)23-12-6-7-13-23)21-19(25)20(22-29(2,26)27)10-4-3-5-11-20/h8-9,14,22H,3-7,10-13H2,1-2H3,(H,21,25). The average molecular weight is 424 g/mol. The first-order valence-corrected chi connectivity index (χ1v) is 11.9. The maximum Gasteiger partial charge on any atom is 0.257 e. The Hall–Kier alpha value is -2.13. The molecule has 0 aromatic heterocycles. The van der Waals surface area contributed by atoms with Gasteiger partial charge in [-0.05, 0) is 43.9 Å². The van der Waals surface area contributed by atoms with Crippen LogP contribution in [0.15, 0.2) is 18.2 Å². The summed E-state index contributed by atoms with van der Waals surface area (Å²) in [6, 6.07) is 4.92. The molecule has 29 heavy (non-hydrogen) atoms. The molecular weight excluding hydrogens is 394 g/mol. The second kappa shape index (κ2) is 8.71. The van der Waals surface area contributed by atoms with E-state index < -0.39 is 21.5 Å². The average Bonchev–Trinajstić information content (AvgIpc) is 3.21. The van der Waals surface area contributed by atoms with Crippen LogP contribution in [-0.2, 0) is 14.8 Å². The molecule has 1 aromatic rings. The monoisotopic (exact) mass is 423 g/mol. The minimum absolute atomic E-state index is 0.128. The van der Waals surface area contributed by atoms with E-state index in [4.69, 9.17) is 4.74 Å². The second-order valence-corrected chi connectivity index (χ2v) is 9.63. The number of nitrogens with zero attached hydrogens (tertiary/aromatic N) is 1. The van der Waals surface area contributed by atoms with Crippen LogP contribution in [0.5, 0.6) is 5.75 Å². The molecule has 1 saturated heterocycles. The molecule has 1 aliphatic carbocycles. The van der Waals surface area contributed by atoms with Gasteiger partial charge in [-0.15, -0.1) is 0 Å². The summed E-state index contributed by atoms with van der Waals surface area (Å²) in [7, 11) is -2.05. The predicted octanol–water partition coefficient (Wildman–Crippen LogP) is 2.12. The molecule has 2 amide bonds. The van der Waals surface area contributed by atoms with Crippen LogP contribution in [0.3, 0.4) is 0 Å². The van der Waals surface area contributed by atoms with Crippen molar-refractivity contribution < 1.29 is 22.7 Å². The van der Waals surface area contributed by atoms with Crippen molar-refractivity contribution in [1.29, 1.82) is 0 Å². The topological polar surface area (TPSA) is 105 Å². The Morgan fingerprint density at radius 1 is 1.07 bits per heavy atom. The Morgan fingerprint density at radius 2 is 1.72 bits per heavy atom. The van der Waals surface area contributed by atoms with Crippen LogP contribution in [0.25, 0.3) is 0 Å². The third kappa shape index (κ3) is 5.08. The number of benzene rings is 1. The van der Waals surface area contributed by atoms with Gasteiger partial charge in [-0.1, -0.05) is 19.3 Å². The molecule has 3 rings (SSSR count). The van der Waals surface area contributed by atoms with Gasteiger partial charge >= 0.3 is 0 Å². The lowest BCUT2D eigenvalue weighted by Crippen LogP contribution is -2.57. The van der Waals surface area contributed by atoms with Gasteiger partial charge in [0.2, 0.25) is 15.9 Å². The quantitative estimate of drug-likeness (QED) is 0.729. The number of methoxy groups -OCH3 is 1. The molecule has 0 atom stereocenters. The molecule has 2 N–H and O–H groups in total. The summed E-state index contributed by atoms with van der Waals surface area (Å²) < 4.78 is 31.6. The van der Waals surface area contributed by atoms with E-state index in [9.17, 15) is 18.0 Å². The Bertz CT molecular complexity index is 872. The fourth-order valence-corrected chi connectivity index (χ4v) is 5.19. The molecule has 0 bridgehead atoms. The summed E-state index contributed by atoms with van der Waals surface area (Å²) in [4.78, 5) is 27.7. The van der Waals surface area contributed by atoms with Gasteiger partial charge in [0.15, 0.2) is 0 Å². The van der Waals surface area contributed by atoms with Gasteiger partial charge in [-0.2, -0.15) is 4.72 Å². The number of ether oxygens (including phenoxy) is 1. The van der Waals surface area contributed by atoms with E-state index in [1.54, 1.807) is 23.1 Å². The number of carbonyl (C=O) groups excluding carboxylic acids is 2. The fourth-order valence-electron chi connectivity index (χ4n) is 4.18. The zero-order valence-corrected chi connectivity index (χ0v) is 17.8. The van der Waals surface area contributed by atoms with E-state index >= 15 is 0 Å². The zero-order chi connectivity index (χ0) is 21.1. The largest absolute Gasteiger partial charge is 0.496 e. The molecular formula is C20H29N3O5S. The summed E-state index contributed by atoms with van der Waals surface area (Å²) in [6.45, 7) is 1.42. The Kier molecular flexibility index (Phi) is 6.48. The Morgan fingerprint density at radius 3 is 2.31 bits per heavy atom. The van der Waals surface area contributed by atoms with Crippen molar-refractivity contribution in [1.82, 2.24) is 9.62 Å². The number of rotatable bonds is 6. The number of anilines is 1. The number of carbonyl (C=O) groups is 2. The van der Waals surface area contributed by atoms with Gasteiger partial charge in [0.05, 0.1) is 18.9 Å². The summed E-state index contributed by atoms with van der Waals surface area (Å²) in [5, 5.41) is 2.82. The summed E-state index contributed by atoms with van der Waals surface area (Å²) in [5.41, 5.74) is -0.329. The molecule has 1 aromatic carbocycles. The van der Waals surface area contributed by atoms with E-state index in [1.165, 1.54) is 7.11 Å². The maximum absolute atomic E-state index is 13.1. The third-order valence-electron chi connectivity index (χ3n) is 5.60. The highest BCUT2D eigenvalue weighted by Crippen LogP contribution is 2.31. The van der Waals surface area contributed by atoms with Crippen molar-refractivity contribution in [3.8, 4) is 5.75 Å². The van der Waals surface area contributed by atoms with Crippen molar-refractivity contribution in [3.63, 3.8) is 0 Å². The van der Waals surface area contributed by atoms with Crippen LogP contribution >= 0.6 is 0 Å². The van der Waals surface area contributed by atoms with E-state index in [-0.39, 0.29) is 5.91 Å². The normalized spacial score (nSPS) is 19.0. The van der Waals surface area contributed by atoms with Crippen molar-refractivity contribution in [2.45, 2.75) is 50.5 Å². The highest BCUT2D eigenvalue weighted by molar-refractivity contribution is 7.88. The van der Waals surface area contributed by atoms with Crippen LogP contribution in [0, 0.1) is 0 Å². The highest BCUT2D eigenvalue weighted by Gasteiger charge is 2.42. The SMILES string of the molecule is COc1ccc(NC(=O)C2(NS(C)(=O)=O)CCCCC2)cc1C(=O)N1CCCC1. The van der Waals surface area contributed by atoms with E-state index in [1.807, 2.05) is 0 Å². The Labute approximate surface area is 172 Å². The Balaban J connectivity index is 1.85. The molecule has 160 valence electrons. The number of sulfonamides is 1. The van der Waals surface area contributed by atoms with Gasteiger partial charge in [-0.25, -0.2) is 8.42 Å². The molecule has 0 spiro atoms. The van der Waals surface area contributed by atoms with Crippen molar-refractivity contribution in [3.05, 3.63) is 23.8 Å². The zero-order valence-electron chi connectivity index (χ0n) is 17.0. The predicted molar refractivity (Wildman–Crippen MR) is 111 cm³/mol. The van der Waals surface area contributed by atoms with Crippen LogP contribution < -0.4 is 14.8 Å². The van der Waals surface area contributed by atoms with Crippen LogP contribution in [0.4, 0.5) is 5.69 Å². The summed E-state index contributed by atoms with van der Waals surface area (Å²) in [6.07, 6.45) is 6.43. The van der Waals surface area contributed by atoms with E-state index in [0.29, 0.717) is 42.9 Å². The lowest BCUT2D eigenvalue weighted by Gasteiger charge is -2.35. The molecule has 1 heterocycles. The minimum atomic E-state index is -3.55. The molecule has 1 saturated carbocycles. The molecule has 2 aliphatic rings.